The molecular weight excluding hydrogens is 226 g/mol. The van der Waals surface area contributed by atoms with Gasteiger partial charge in [-0.2, -0.15) is 0 Å². The molecule has 1 aromatic heterocycles. The molecule has 1 saturated heterocycles. The molecule has 2 N–H and O–H groups in total. The van der Waals surface area contributed by atoms with Crippen LogP contribution >= 0.6 is 12.4 Å². The molecule has 1 amide bonds. The van der Waals surface area contributed by atoms with Crippen molar-refractivity contribution in [1.29, 1.82) is 0 Å². The van der Waals surface area contributed by atoms with Gasteiger partial charge in [0.25, 0.3) is 5.91 Å². The molecule has 5 heteroatoms. The lowest BCUT2D eigenvalue weighted by Gasteiger charge is -2.37. The predicted octanol–water partition coefficient (Wildman–Crippen LogP) is 1.26. The fourth-order valence-electron chi connectivity index (χ4n) is 1.92. The molecule has 0 bridgehead atoms. The molecule has 2 atom stereocenters. The van der Waals surface area contributed by atoms with E-state index in [1.165, 1.54) is 0 Å². The van der Waals surface area contributed by atoms with E-state index in [2.05, 4.69) is 24.1 Å². The third-order valence-electron chi connectivity index (χ3n) is 2.85. The van der Waals surface area contributed by atoms with Crippen LogP contribution in [0.4, 0.5) is 0 Å². The summed E-state index contributed by atoms with van der Waals surface area (Å²) in [7, 11) is 0. The predicted molar refractivity (Wildman–Crippen MR) is 66.0 cm³/mol. The van der Waals surface area contributed by atoms with Crippen LogP contribution in [-0.4, -0.2) is 41.0 Å². The Hall–Kier alpha value is -1.00. The number of aromatic amines is 1. The van der Waals surface area contributed by atoms with Crippen LogP contribution in [-0.2, 0) is 0 Å². The number of nitrogens with zero attached hydrogens (tertiary/aromatic N) is 1. The number of hydrogen-bond acceptors (Lipinski definition) is 2. The Morgan fingerprint density at radius 1 is 1.50 bits per heavy atom. The van der Waals surface area contributed by atoms with Crippen LogP contribution in [0, 0.1) is 0 Å². The standard InChI is InChI=1S/C11H17N3O.ClH/c1-8-7-14(9(2)6-13-8)11(15)10-4-3-5-12-10;/h3-5,8-9,12-13H,6-7H2,1-2H3;1H. The summed E-state index contributed by atoms with van der Waals surface area (Å²) in [6.07, 6.45) is 1.78. The van der Waals surface area contributed by atoms with Gasteiger partial charge in [0.1, 0.15) is 5.69 Å². The summed E-state index contributed by atoms with van der Waals surface area (Å²) < 4.78 is 0. The Kier molecular flexibility index (Phi) is 4.38. The molecule has 0 spiro atoms. The zero-order chi connectivity index (χ0) is 10.8. The lowest BCUT2D eigenvalue weighted by Crippen LogP contribution is -2.56. The lowest BCUT2D eigenvalue weighted by atomic mass is 10.1. The molecule has 16 heavy (non-hydrogen) atoms. The maximum atomic E-state index is 12.1. The van der Waals surface area contributed by atoms with Gasteiger partial charge in [0.15, 0.2) is 0 Å². The van der Waals surface area contributed by atoms with Gasteiger partial charge in [-0.05, 0) is 26.0 Å². The number of hydrogen-bond donors (Lipinski definition) is 2. The van der Waals surface area contributed by atoms with Gasteiger partial charge in [0.05, 0.1) is 0 Å². The van der Waals surface area contributed by atoms with E-state index in [1.807, 2.05) is 17.0 Å². The molecule has 1 fully saturated rings. The second kappa shape index (κ2) is 5.37. The highest BCUT2D eigenvalue weighted by Gasteiger charge is 2.27. The van der Waals surface area contributed by atoms with Crippen LogP contribution in [0.25, 0.3) is 0 Å². The number of carbonyl (C=O) groups is 1. The average Bonchev–Trinajstić information content (AvgIpc) is 2.74. The van der Waals surface area contributed by atoms with Crippen LogP contribution < -0.4 is 5.32 Å². The first-order chi connectivity index (χ1) is 7.18. The quantitative estimate of drug-likeness (QED) is 0.780. The molecule has 2 unspecified atom stereocenters. The summed E-state index contributed by atoms with van der Waals surface area (Å²) in [6, 6.07) is 4.31. The molecule has 0 aliphatic carbocycles. The maximum Gasteiger partial charge on any atom is 0.270 e. The van der Waals surface area contributed by atoms with E-state index in [-0.39, 0.29) is 24.4 Å². The van der Waals surface area contributed by atoms with Crippen molar-refractivity contribution in [2.24, 2.45) is 0 Å². The molecule has 2 heterocycles. The number of rotatable bonds is 1. The number of piperazine rings is 1. The summed E-state index contributed by atoms with van der Waals surface area (Å²) in [6.45, 7) is 5.81. The SMILES string of the molecule is CC1CN(C(=O)c2ccc[nH]2)C(C)CN1.Cl. The zero-order valence-electron chi connectivity index (χ0n) is 9.56. The van der Waals surface area contributed by atoms with Crippen molar-refractivity contribution >= 4 is 18.3 Å². The van der Waals surface area contributed by atoms with Crippen molar-refractivity contribution in [2.75, 3.05) is 13.1 Å². The number of carbonyl (C=O) groups excluding carboxylic acids is 1. The highest BCUT2D eigenvalue weighted by Crippen LogP contribution is 2.11. The Balaban J connectivity index is 0.00000128. The van der Waals surface area contributed by atoms with Crippen molar-refractivity contribution in [3.63, 3.8) is 0 Å². The topological polar surface area (TPSA) is 48.1 Å². The Labute approximate surface area is 102 Å². The van der Waals surface area contributed by atoms with E-state index >= 15 is 0 Å². The molecule has 4 nitrogen and oxygen atoms in total. The second-order valence-corrected chi connectivity index (χ2v) is 4.20. The lowest BCUT2D eigenvalue weighted by molar-refractivity contribution is 0.0611. The molecule has 2 rings (SSSR count). The molecule has 0 aromatic carbocycles. The van der Waals surface area contributed by atoms with Crippen LogP contribution in [0.3, 0.4) is 0 Å². The van der Waals surface area contributed by atoms with Gasteiger partial charge in [-0.15, -0.1) is 12.4 Å². The summed E-state index contributed by atoms with van der Waals surface area (Å²) in [5.74, 6) is 0.0980. The smallest absolute Gasteiger partial charge is 0.270 e. The van der Waals surface area contributed by atoms with Crippen molar-refractivity contribution in [2.45, 2.75) is 25.9 Å². The molecular formula is C11H18ClN3O. The summed E-state index contributed by atoms with van der Waals surface area (Å²) in [5, 5.41) is 3.36. The Bertz CT molecular complexity index is 339. The monoisotopic (exact) mass is 243 g/mol. The zero-order valence-corrected chi connectivity index (χ0v) is 10.4. The Morgan fingerprint density at radius 2 is 2.25 bits per heavy atom. The molecule has 1 aliphatic heterocycles. The molecule has 0 saturated carbocycles. The average molecular weight is 244 g/mol. The molecule has 1 aromatic rings. The number of nitrogens with one attached hydrogen (secondary N) is 2. The summed E-state index contributed by atoms with van der Waals surface area (Å²) in [4.78, 5) is 17.0. The highest BCUT2D eigenvalue weighted by molar-refractivity contribution is 5.92. The van der Waals surface area contributed by atoms with Crippen molar-refractivity contribution in [3.8, 4) is 0 Å². The molecule has 0 radical (unpaired) electrons. The minimum atomic E-state index is 0. The fraction of sp³-hybridized carbons (Fsp3) is 0.545. The van der Waals surface area contributed by atoms with Gasteiger partial charge in [0.2, 0.25) is 0 Å². The first-order valence-electron chi connectivity index (χ1n) is 5.36. The van der Waals surface area contributed by atoms with Crippen LogP contribution in [0.5, 0.6) is 0 Å². The minimum Gasteiger partial charge on any atom is -0.357 e. The summed E-state index contributed by atoms with van der Waals surface area (Å²) in [5.41, 5.74) is 0.677. The van der Waals surface area contributed by atoms with Crippen molar-refractivity contribution < 1.29 is 4.79 Å². The van der Waals surface area contributed by atoms with Gasteiger partial charge >= 0.3 is 0 Å². The Morgan fingerprint density at radius 3 is 2.88 bits per heavy atom. The number of aromatic nitrogens is 1. The van der Waals surface area contributed by atoms with Gasteiger partial charge in [-0.3, -0.25) is 4.79 Å². The van der Waals surface area contributed by atoms with Crippen LogP contribution in [0.15, 0.2) is 18.3 Å². The number of H-pyrrole nitrogens is 1. The van der Waals surface area contributed by atoms with Crippen molar-refractivity contribution in [1.82, 2.24) is 15.2 Å². The third-order valence-corrected chi connectivity index (χ3v) is 2.85. The van der Waals surface area contributed by atoms with Crippen LogP contribution in [0.2, 0.25) is 0 Å². The third kappa shape index (κ3) is 2.57. The number of amides is 1. The van der Waals surface area contributed by atoms with E-state index in [4.69, 9.17) is 0 Å². The van der Waals surface area contributed by atoms with E-state index in [1.54, 1.807) is 6.20 Å². The van der Waals surface area contributed by atoms with Gasteiger partial charge in [-0.1, -0.05) is 0 Å². The molecule has 90 valence electrons. The van der Waals surface area contributed by atoms with E-state index in [9.17, 15) is 4.79 Å². The van der Waals surface area contributed by atoms with E-state index < -0.39 is 0 Å². The normalized spacial score (nSPS) is 25.0. The fourth-order valence-corrected chi connectivity index (χ4v) is 1.92. The van der Waals surface area contributed by atoms with Gasteiger partial charge < -0.3 is 15.2 Å². The largest absolute Gasteiger partial charge is 0.357 e. The second-order valence-electron chi connectivity index (χ2n) is 4.20. The number of halogens is 1. The first kappa shape index (κ1) is 13.1. The van der Waals surface area contributed by atoms with Crippen LogP contribution in [0.1, 0.15) is 24.3 Å². The van der Waals surface area contributed by atoms with Crippen molar-refractivity contribution in [3.05, 3.63) is 24.0 Å². The highest BCUT2D eigenvalue weighted by atomic mass is 35.5. The maximum absolute atomic E-state index is 12.1. The first-order valence-corrected chi connectivity index (χ1v) is 5.36. The molecule has 1 aliphatic rings. The van der Waals surface area contributed by atoms with E-state index in [0.717, 1.165) is 13.1 Å². The van der Waals surface area contributed by atoms with Gasteiger partial charge in [0, 0.05) is 31.4 Å². The van der Waals surface area contributed by atoms with E-state index in [0.29, 0.717) is 11.7 Å². The minimum absolute atomic E-state index is 0. The summed E-state index contributed by atoms with van der Waals surface area (Å²) >= 11 is 0. The van der Waals surface area contributed by atoms with Gasteiger partial charge in [-0.25, -0.2) is 0 Å².